The molecule has 0 saturated heterocycles. The molecule has 2 fully saturated rings. The number of hydrogen-bond acceptors (Lipinski definition) is 1. The minimum absolute atomic E-state index is 0.438. The number of aliphatic hydroxyl groups excluding tert-OH is 1. The molecule has 0 bridgehead atoms. The van der Waals surface area contributed by atoms with Crippen LogP contribution in [0.15, 0.2) is 0 Å². The van der Waals surface area contributed by atoms with E-state index in [0.717, 1.165) is 17.8 Å². The van der Waals surface area contributed by atoms with Crippen molar-refractivity contribution in [3.8, 4) is 0 Å². The number of hydrogen-bond donors (Lipinski definition) is 1. The summed E-state index contributed by atoms with van der Waals surface area (Å²) in [5.74, 6) is 3.49. The molecule has 1 nitrogen and oxygen atoms in total. The Labute approximate surface area is 68.8 Å². The molecule has 2 aliphatic carbocycles. The van der Waals surface area contributed by atoms with Gasteiger partial charge in [-0.15, -0.1) is 0 Å². The van der Waals surface area contributed by atoms with Gasteiger partial charge in [0.25, 0.3) is 0 Å². The third kappa shape index (κ3) is 1.31. The Morgan fingerprint density at radius 3 is 2.55 bits per heavy atom. The van der Waals surface area contributed by atoms with Gasteiger partial charge in [0.2, 0.25) is 0 Å². The van der Waals surface area contributed by atoms with Crippen molar-refractivity contribution in [2.75, 3.05) is 6.61 Å². The van der Waals surface area contributed by atoms with Gasteiger partial charge in [0.15, 0.2) is 0 Å². The predicted molar refractivity (Wildman–Crippen MR) is 45.2 cm³/mol. The van der Waals surface area contributed by atoms with Crippen molar-refractivity contribution in [3.63, 3.8) is 0 Å². The number of aliphatic hydroxyl groups is 1. The van der Waals surface area contributed by atoms with Crippen LogP contribution in [0.4, 0.5) is 0 Å². The summed E-state index contributed by atoms with van der Waals surface area (Å²) in [6, 6.07) is 0. The maximum Gasteiger partial charge on any atom is 0.0462 e. The first-order valence-electron chi connectivity index (χ1n) is 4.93. The van der Waals surface area contributed by atoms with Gasteiger partial charge in [-0.25, -0.2) is 0 Å². The van der Waals surface area contributed by atoms with E-state index >= 15 is 0 Å². The monoisotopic (exact) mass is 154 g/mol. The molecule has 0 radical (unpaired) electrons. The average Bonchev–Trinajstić information content (AvgIpc) is 2.58. The fourth-order valence-corrected chi connectivity index (χ4v) is 2.80. The molecule has 2 rings (SSSR count). The Hall–Kier alpha value is -0.0400. The molecule has 4 atom stereocenters. The second-order valence-corrected chi connectivity index (χ2v) is 4.41. The van der Waals surface area contributed by atoms with Gasteiger partial charge < -0.3 is 5.11 Å². The summed E-state index contributed by atoms with van der Waals surface area (Å²) in [7, 11) is 0. The lowest BCUT2D eigenvalue weighted by atomic mass is 9.91. The van der Waals surface area contributed by atoms with Crippen LogP contribution in [-0.4, -0.2) is 11.7 Å². The lowest BCUT2D eigenvalue weighted by Gasteiger charge is -2.16. The van der Waals surface area contributed by atoms with Crippen molar-refractivity contribution in [3.05, 3.63) is 0 Å². The molecule has 1 N–H and O–H groups in total. The summed E-state index contributed by atoms with van der Waals surface area (Å²) in [5.41, 5.74) is 0. The zero-order chi connectivity index (χ0) is 7.84. The molecule has 0 amide bonds. The molecule has 11 heavy (non-hydrogen) atoms. The van der Waals surface area contributed by atoms with Crippen LogP contribution in [0, 0.1) is 23.7 Å². The molecule has 0 aromatic rings. The van der Waals surface area contributed by atoms with Gasteiger partial charge in [-0.3, -0.25) is 0 Å². The van der Waals surface area contributed by atoms with Crippen LogP contribution in [-0.2, 0) is 0 Å². The van der Waals surface area contributed by atoms with E-state index in [1.54, 1.807) is 0 Å². The van der Waals surface area contributed by atoms with Crippen LogP contribution >= 0.6 is 0 Å². The lowest BCUT2D eigenvalue weighted by Crippen LogP contribution is -2.14. The minimum Gasteiger partial charge on any atom is -0.396 e. The van der Waals surface area contributed by atoms with Crippen LogP contribution in [0.1, 0.15) is 32.6 Å². The van der Waals surface area contributed by atoms with Crippen LogP contribution in [0.3, 0.4) is 0 Å². The summed E-state index contributed by atoms with van der Waals surface area (Å²) in [5, 5.41) is 9.10. The Bertz CT molecular complexity index is 144. The van der Waals surface area contributed by atoms with E-state index in [0.29, 0.717) is 12.5 Å². The van der Waals surface area contributed by atoms with Crippen LogP contribution < -0.4 is 0 Å². The number of rotatable bonds is 2. The topological polar surface area (TPSA) is 20.2 Å². The Morgan fingerprint density at radius 2 is 2.00 bits per heavy atom. The maximum absolute atomic E-state index is 9.10. The van der Waals surface area contributed by atoms with Crippen LogP contribution in [0.2, 0.25) is 0 Å². The summed E-state index contributed by atoms with van der Waals surface area (Å²) in [6.45, 7) is 2.78. The largest absolute Gasteiger partial charge is 0.396 e. The van der Waals surface area contributed by atoms with Gasteiger partial charge in [0.05, 0.1) is 0 Å². The second-order valence-electron chi connectivity index (χ2n) is 4.41. The molecule has 0 aliphatic heterocycles. The molecule has 0 aromatic carbocycles. The highest BCUT2D eigenvalue weighted by Crippen LogP contribution is 2.51. The SMILES string of the molecule is C[C@@H]1CC1C1CCCC1CO. The van der Waals surface area contributed by atoms with Crippen molar-refractivity contribution >= 4 is 0 Å². The van der Waals surface area contributed by atoms with E-state index in [2.05, 4.69) is 6.92 Å². The van der Waals surface area contributed by atoms with E-state index in [1.807, 2.05) is 0 Å². The van der Waals surface area contributed by atoms with Crippen LogP contribution in [0.5, 0.6) is 0 Å². The fourth-order valence-electron chi connectivity index (χ4n) is 2.80. The molecule has 2 aliphatic rings. The molecule has 3 unspecified atom stereocenters. The molecular weight excluding hydrogens is 136 g/mol. The molecular formula is C10H18O. The highest BCUT2D eigenvalue weighted by molar-refractivity contribution is 4.93. The van der Waals surface area contributed by atoms with Gasteiger partial charge in [-0.1, -0.05) is 13.3 Å². The highest BCUT2D eigenvalue weighted by Gasteiger charge is 2.44. The van der Waals surface area contributed by atoms with Gasteiger partial charge in [-0.05, 0) is 42.9 Å². The van der Waals surface area contributed by atoms with Crippen molar-refractivity contribution < 1.29 is 5.11 Å². The smallest absolute Gasteiger partial charge is 0.0462 e. The lowest BCUT2D eigenvalue weighted by molar-refractivity contribution is 0.181. The first-order valence-corrected chi connectivity index (χ1v) is 4.93. The van der Waals surface area contributed by atoms with Crippen molar-refractivity contribution in [2.24, 2.45) is 23.7 Å². The molecule has 0 heterocycles. The van der Waals surface area contributed by atoms with E-state index in [4.69, 9.17) is 5.11 Å². The zero-order valence-corrected chi connectivity index (χ0v) is 7.29. The third-order valence-corrected chi connectivity index (χ3v) is 3.67. The normalized spacial score (nSPS) is 49.6. The third-order valence-electron chi connectivity index (χ3n) is 3.67. The minimum atomic E-state index is 0.438. The summed E-state index contributed by atoms with van der Waals surface area (Å²) < 4.78 is 0. The highest BCUT2D eigenvalue weighted by atomic mass is 16.3. The molecule has 0 spiro atoms. The van der Waals surface area contributed by atoms with E-state index < -0.39 is 0 Å². The standard InChI is InChI=1S/C10H18O/c1-7-5-10(7)9-4-2-3-8(9)6-11/h7-11H,2-6H2,1H3/t7-,8?,9?,10?/m1/s1. The van der Waals surface area contributed by atoms with E-state index in [1.165, 1.54) is 25.7 Å². The molecule has 64 valence electrons. The summed E-state index contributed by atoms with van der Waals surface area (Å²) >= 11 is 0. The summed E-state index contributed by atoms with van der Waals surface area (Å²) in [4.78, 5) is 0. The second kappa shape index (κ2) is 2.78. The van der Waals surface area contributed by atoms with Gasteiger partial charge in [0, 0.05) is 6.61 Å². The first kappa shape index (κ1) is 7.60. The Morgan fingerprint density at radius 1 is 1.27 bits per heavy atom. The first-order chi connectivity index (χ1) is 5.33. The van der Waals surface area contributed by atoms with Gasteiger partial charge in [-0.2, -0.15) is 0 Å². The molecule has 0 aromatic heterocycles. The van der Waals surface area contributed by atoms with Crippen molar-refractivity contribution in [1.29, 1.82) is 0 Å². The van der Waals surface area contributed by atoms with Gasteiger partial charge in [0.1, 0.15) is 0 Å². The Kier molecular flexibility index (Phi) is 1.92. The fraction of sp³-hybridized carbons (Fsp3) is 1.00. The quantitative estimate of drug-likeness (QED) is 0.645. The van der Waals surface area contributed by atoms with Crippen molar-refractivity contribution in [1.82, 2.24) is 0 Å². The van der Waals surface area contributed by atoms with Gasteiger partial charge >= 0.3 is 0 Å². The van der Waals surface area contributed by atoms with Crippen molar-refractivity contribution in [2.45, 2.75) is 32.6 Å². The Balaban J connectivity index is 1.91. The van der Waals surface area contributed by atoms with E-state index in [-0.39, 0.29) is 0 Å². The molecule has 1 heteroatoms. The maximum atomic E-state index is 9.10. The van der Waals surface area contributed by atoms with E-state index in [9.17, 15) is 0 Å². The molecule has 2 saturated carbocycles. The van der Waals surface area contributed by atoms with Crippen LogP contribution in [0.25, 0.3) is 0 Å². The average molecular weight is 154 g/mol. The summed E-state index contributed by atoms with van der Waals surface area (Å²) in [6.07, 6.45) is 5.46. The zero-order valence-electron chi connectivity index (χ0n) is 7.29. The predicted octanol–water partition coefficient (Wildman–Crippen LogP) is 2.05.